The topological polar surface area (TPSA) is 42.1 Å². The maximum Gasteiger partial charge on any atom is 0.187 e. The van der Waals surface area contributed by atoms with E-state index < -0.39 is 0 Å². The van der Waals surface area contributed by atoms with Crippen LogP contribution >= 0.6 is 11.3 Å². The summed E-state index contributed by atoms with van der Waals surface area (Å²) in [4.78, 5) is 6.73. The molecule has 0 aliphatic carbocycles. The SMILES string of the molecule is Nc1cnc(N2CCC(Cc3ccccc3)CC2)s1. The number of hydrogen-bond acceptors (Lipinski definition) is 4. The zero-order chi connectivity index (χ0) is 13.1. The highest BCUT2D eigenvalue weighted by Gasteiger charge is 2.21. The van der Waals surface area contributed by atoms with E-state index in [1.165, 1.54) is 24.8 Å². The minimum atomic E-state index is 0.802. The smallest absolute Gasteiger partial charge is 0.187 e. The number of nitrogen functional groups attached to an aromatic ring is 1. The summed E-state index contributed by atoms with van der Waals surface area (Å²) in [5.74, 6) is 0.802. The van der Waals surface area contributed by atoms with Gasteiger partial charge in [-0.1, -0.05) is 41.7 Å². The van der Waals surface area contributed by atoms with Gasteiger partial charge in [0.1, 0.15) is 5.00 Å². The Morgan fingerprint density at radius 1 is 1.21 bits per heavy atom. The predicted molar refractivity (Wildman–Crippen MR) is 81.6 cm³/mol. The molecule has 2 aromatic rings. The van der Waals surface area contributed by atoms with Crippen molar-refractivity contribution in [3.63, 3.8) is 0 Å². The van der Waals surface area contributed by atoms with Crippen LogP contribution < -0.4 is 10.6 Å². The maximum absolute atomic E-state index is 5.74. The normalized spacial score (nSPS) is 16.7. The van der Waals surface area contributed by atoms with Crippen LogP contribution in [0.25, 0.3) is 0 Å². The molecule has 1 aromatic carbocycles. The molecule has 0 amide bonds. The molecule has 0 radical (unpaired) electrons. The monoisotopic (exact) mass is 273 g/mol. The van der Waals surface area contributed by atoms with E-state index in [0.717, 1.165) is 29.1 Å². The second kappa shape index (κ2) is 5.61. The predicted octanol–water partition coefficient (Wildman–Crippen LogP) is 3.18. The zero-order valence-electron chi connectivity index (χ0n) is 11.0. The fourth-order valence-electron chi connectivity index (χ4n) is 2.70. The molecule has 1 fully saturated rings. The van der Waals surface area contributed by atoms with E-state index in [1.54, 1.807) is 17.5 Å². The Hall–Kier alpha value is -1.55. The van der Waals surface area contributed by atoms with Crippen molar-refractivity contribution in [2.24, 2.45) is 5.92 Å². The fraction of sp³-hybridized carbons (Fsp3) is 0.400. The molecular formula is C15H19N3S. The van der Waals surface area contributed by atoms with E-state index in [1.807, 2.05) is 0 Å². The summed E-state index contributed by atoms with van der Waals surface area (Å²) in [5.41, 5.74) is 7.20. The standard InChI is InChI=1S/C15H19N3S/c16-14-11-17-15(19-14)18-8-6-13(7-9-18)10-12-4-2-1-3-5-12/h1-5,11,13H,6-10,16H2. The Morgan fingerprint density at radius 3 is 2.58 bits per heavy atom. The van der Waals surface area contributed by atoms with Gasteiger partial charge in [0.2, 0.25) is 0 Å². The maximum atomic E-state index is 5.74. The quantitative estimate of drug-likeness (QED) is 0.934. The molecule has 1 aliphatic heterocycles. The molecule has 3 rings (SSSR count). The van der Waals surface area contributed by atoms with Gasteiger partial charge in [-0.25, -0.2) is 4.98 Å². The van der Waals surface area contributed by atoms with Gasteiger partial charge in [-0.15, -0.1) is 0 Å². The summed E-state index contributed by atoms with van der Waals surface area (Å²) in [6, 6.07) is 10.8. The van der Waals surface area contributed by atoms with Gasteiger partial charge in [0, 0.05) is 13.1 Å². The summed E-state index contributed by atoms with van der Waals surface area (Å²) in [6.45, 7) is 2.20. The van der Waals surface area contributed by atoms with Crippen LogP contribution in [0.2, 0.25) is 0 Å². The van der Waals surface area contributed by atoms with Gasteiger partial charge in [0.25, 0.3) is 0 Å². The first-order valence-electron chi connectivity index (χ1n) is 6.81. The van der Waals surface area contributed by atoms with E-state index in [9.17, 15) is 0 Å². The van der Waals surface area contributed by atoms with Crippen LogP contribution in [0.15, 0.2) is 36.5 Å². The summed E-state index contributed by atoms with van der Waals surface area (Å²) >= 11 is 1.59. The van der Waals surface area contributed by atoms with Crippen LogP contribution in [0, 0.1) is 5.92 Å². The molecule has 0 bridgehead atoms. The van der Waals surface area contributed by atoms with Gasteiger partial charge in [0.15, 0.2) is 5.13 Å². The van der Waals surface area contributed by atoms with Crippen molar-refractivity contribution >= 4 is 21.5 Å². The number of thiazole rings is 1. The van der Waals surface area contributed by atoms with Gasteiger partial charge in [-0.05, 0) is 30.7 Å². The van der Waals surface area contributed by atoms with Gasteiger partial charge >= 0.3 is 0 Å². The number of piperidine rings is 1. The fourth-order valence-corrected chi connectivity index (χ4v) is 3.43. The first-order chi connectivity index (χ1) is 9.31. The lowest BCUT2D eigenvalue weighted by atomic mass is 9.90. The minimum Gasteiger partial charge on any atom is -0.389 e. The summed E-state index contributed by atoms with van der Waals surface area (Å²) in [6.07, 6.45) is 5.45. The van der Waals surface area contributed by atoms with Crippen LogP contribution in [-0.2, 0) is 6.42 Å². The van der Waals surface area contributed by atoms with E-state index in [-0.39, 0.29) is 0 Å². The van der Waals surface area contributed by atoms with Crippen LogP contribution in [-0.4, -0.2) is 18.1 Å². The van der Waals surface area contributed by atoms with Crippen molar-refractivity contribution in [3.8, 4) is 0 Å². The molecule has 0 atom stereocenters. The van der Waals surface area contributed by atoms with Crippen LogP contribution in [0.4, 0.5) is 10.1 Å². The van der Waals surface area contributed by atoms with Crippen molar-refractivity contribution in [2.45, 2.75) is 19.3 Å². The van der Waals surface area contributed by atoms with E-state index in [4.69, 9.17) is 5.73 Å². The second-order valence-electron chi connectivity index (χ2n) is 5.17. The number of aromatic nitrogens is 1. The number of nitrogens with two attached hydrogens (primary N) is 1. The highest BCUT2D eigenvalue weighted by molar-refractivity contribution is 7.19. The molecular weight excluding hydrogens is 254 g/mol. The average Bonchev–Trinajstić information content (AvgIpc) is 2.87. The van der Waals surface area contributed by atoms with Crippen LogP contribution in [0.1, 0.15) is 18.4 Å². The Labute approximate surface area is 118 Å². The largest absolute Gasteiger partial charge is 0.389 e. The number of anilines is 2. The van der Waals surface area contributed by atoms with Crippen LogP contribution in [0.5, 0.6) is 0 Å². The molecule has 2 heterocycles. The third kappa shape index (κ3) is 3.07. The van der Waals surface area contributed by atoms with Gasteiger partial charge in [0.05, 0.1) is 6.20 Å². The molecule has 2 N–H and O–H groups in total. The number of nitrogens with zero attached hydrogens (tertiary/aromatic N) is 2. The molecule has 1 aliphatic rings. The number of hydrogen-bond donors (Lipinski definition) is 1. The molecule has 0 unspecified atom stereocenters. The Bertz CT molecular complexity index is 515. The lowest BCUT2D eigenvalue weighted by Crippen LogP contribution is -2.34. The number of rotatable bonds is 3. The average molecular weight is 273 g/mol. The molecule has 0 saturated carbocycles. The molecule has 19 heavy (non-hydrogen) atoms. The third-order valence-corrected chi connectivity index (χ3v) is 4.65. The van der Waals surface area contributed by atoms with Crippen molar-refractivity contribution in [2.75, 3.05) is 23.7 Å². The molecule has 4 heteroatoms. The van der Waals surface area contributed by atoms with E-state index in [2.05, 4.69) is 40.2 Å². The summed E-state index contributed by atoms with van der Waals surface area (Å²) in [5, 5.41) is 1.89. The molecule has 100 valence electrons. The molecule has 3 nitrogen and oxygen atoms in total. The minimum absolute atomic E-state index is 0.802. The molecule has 1 saturated heterocycles. The molecule has 0 spiro atoms. The lowest BCUT2D eigenvalue weighted by molar-refractivity contribution is 0.403. The van der Waals surface area contributed by atoms with Crippen molar-refractivity contribution in [1.82, 2.24) is 4.98 Å². The first kappa shape index (κ1) is 12.5. The van der Waals surface area contributed by atoms with Crippen LogP contribution in [0.3, 0.4) is 0 Å². The van der Waals surface area contributed by atoms with Crippen molar-refractivity contribution in [1.29, 1.82) is 0 Å². The Balaban J connectivity index is 1.55. The van der Waals surface area contributed by atoms with E-state index in [0.29, 0.717) is 0 Å². The highest BCUT2D eigenvalue weighted by Crippen LogP contribution is 2.29. The third-order valence-electron chi connectivity index (χ3n) is 3.76. The van der Waals surface area contributed by atoms with Gasteiger partial charge in [-0.3, -0.25) is 0 Å². The Kier molecular flexibility index (Phi) is 3.69. The van der Waals surface area contributed by atoms with E-state index >= 15 is 0 Å². The van der Waals surface area contributed by atoms with Gasteiger partial charge in [-0.2, -0.15) is 0 Å². The summed E-state index contributed by atoms with van der Waals surface area (Å²) < 4.78 is 0. The lowest BCUT2D eigenvalue weighted by Gasteiger charge is -2.31. The number of benzene rings is 1. The second-order valence-corrected chi connectivity index (χ2v) is 6.21. The zero-order valence-corrected chi connectivity index (χ0v) is 11.8. The van der Waals surface area contributed by atoms with Crippen molar-refractivity contribution < 1.29 is 0 Å². The summed E-state index contributed by atoms with van der Waals surface area (Å²) in [7, 11) is 0. The van der Waals surface area contributed by atoms with Crippen molar-refractivity contribution in [3.05, 3.63) is 42.1 Å². The highest BCUT2D eigenvalue weighted by atomic mass is 32.1. The molecule has 1 aromatic heterocycles. The Morgan fingerprint density at radius 2 is 1.95 bits per heavy atom. The first-order valence-corrected chi connectivity index (χ1v) is 7.63. The van der Waals surface area contributed by atoms with Gasteiger partial charge < -0.3 is 10.6 Å².